The van der Waals surface area contributed by atoms with Crippen molar-refractivity contribution in [3.8, 4) is 17.0 Å². The van der Waals surface area contributed by atoms with Gasteiger partial charge in [-0.15, -0.1) is 0 Å². The Hall–Kier alpha value is -2.36. The van der Waals surface area contributed by atoms with Gasteiger partial charge >= 0.3 is 0 Å². The zero-order valence-electron chi connectivity index (χ0n) is 16.1. The normalized spacial score (nSPS) is 20.6. The largest absolute Gasteiger partial charge is 0.496 e. The van der Waals surface area contributed by atoms with E-state index in [-0.39, 0.29) is 5.92 Å². The van der Waals surface area contributed by atoms with Crippen LogP contribution in [0.3, 0.4) is 0 Å². The summed E-state index contributed by atoms with van der Waals surface area (Å²) >= 11 is 0. The van der Waals surface area contributed by atoms with Crippen molar-refractivity contribution in [2.24, 2.45) is 5.92 Å². The first-order valence-corrected chi connectivity index (χ1v) is 10.2. The quantitative estimate of drug-likeness (QED) is 0.793. The molecule has 1 aromatic carbocycles. The molecule has 1 saturated heterocycles. The summed E-state index contributed by atoms with van der Waals surface area (Å²) < 4.78 is 5.50. The fourth-order valence-electron chi connectivity index (χ4n) is 4.53. The van der Waals surface area contributed by atoms with E-state index in [1.807, 2.05) is 30.3 Å². The number of likely N-dealkylation sites (tertiary alicyclic amines) is 1. The van der Waals surface area contributed by atoms with E-state index < -0.39 is 0 Å². The van der Waals surface area contributed by atoms with Crippen molar-refractivity contribution in [1.82, 2.24) is 9.88 Å². The standard InChI is InChI=1S/C23H28N2O2/c1-27-22-14-5-4-11-19(22)21-13-6-12-20(24-21)18-10-7-15-25(16-18)23(26)17-8-2-3-9-17/h4-6,11-14,17-18H,2-3,7-10,15-16H2,1H3/t18-/m1/s1. The lowest BCUT2D eigenvalue weighted by molar-refractivity contribution is -0.136. The van der Waals surface area contributed by atoms with Crippen molar-refractivity contribution in [2.45, 2.75) is 44.4 Å². The van der Waals surface area contributed by atoms with Gasteiger partial charge in [-0.25, -0.2) is 0 Å². The zero-order chi connectivity index (χ0) is 18.6. The summed E-state index contributed by atoms with van der Waals surface area (Å²) in [7, 11) is 1.69. The number of benzene rings is 1. The van der Waals surface area contributed by atoms with E-state index in [0.29, 0.717) is 11.8 Å². The van der Waals surface area contributed by atoms with E-state index >= 15 is 0 Å². The third-order valence-corrected chi connectivity index (χ3v) is 6.01. The van der Waals surface area contributed by atoms with E-state index in [4.69, 9.17) is 9.72 Å². The number of piperidine rings is 1. The number of amides is 1. The summed E-state index contributed by atoms with van der Waals surface area (Å²) in [6, 6.07) is 14.2. The van der Waals surface area contributed by atoms with Gasteiger partial charge in [0.2, 0.25) is 5.91 Å². The summed E-state index contributed by atoms with van der Waals surface area (Å²) in [5.74, 6) is 1.79. The van der Waals surface area contributed by atoms with Crippen molar-refractivity contribution >= 4 is 5.91 Å². The van der Waals surface area contributed by atoms with Gasteiger partial charge in [0.1, 0.15) is 5.75 Å². The maximum Gasteiger partial charge on any atom is 0.225 e. The van der Waals surface area contributed by atoms with Gasteiger partial charge in [0.05, 0.1) is 12.8 Å². The van der Waals surface area contributed by atoms with Crippen LogP contribution >= 0.6 is 0 Å². The fourth-order valence-corrected chi connectivity index (χ4v) is 4.53. The van der Waals surface area contributed by atoms with Gasteiger partial charge in [0.25, 0.3) is 0 Å². The molecule has 2 aromatic rings. The van der Waals surface area contributed by atoms with Crippen molar-refractivity contribution < 1.29 is 9.53 Å². The molecular weight excluding hydrogens is 336 g/mol. The minimum absolute atomic E-state index is 0.261. The second kappa shape index (κ2) is 8.12. The van der Waals surface area contributed by atoms with Crippen LogP contribution in [0.25, 0.3) is 11.3 Å². The van der Waals surface area contributed by atoms with E-state index in [1.165, 1.54) is 12.8 Å². The Bertz CT molecular complexity index is 798. The Morgan fingerprint density at radius 2 is 1.85 bits per heavy atom. The van der Waals surface area contributed by atoms with Crippen molar-refractivity contribution in [1.29, 1.82) is 0 Å². The first-order chi connectivity index (χ1) is 13.3. The molecule has 1 aromatic heterocycles. The molecule has 1 aliphatic heterocycles. The smallest absolute Gasteiger partial charge is 0.225 e. The van der Waals surface area contributed by atoms with Crippen LogP contribution in [-0.4, -0.2) is 36.0 Å². The molecule has 2 fully saturated rings. The molecule has 0 spiro atoms. The lowest BCUT2D eigenvalue weighted by Crippen LogP contribution is -2.42. The minimum atomic E-state index is 0.261. The molecule has 2 aliphatic rings. The fraction of sp³-hybridized carbons (Fsp3) is 0.478. The molecule has 0 unspecified atom stereocenters. The summed E-state index contributed by atoms with van der Waals surface area (Å²) in [6.45, 7) is 1.70. The highest BCUT2D eigenvalue weighted by atomic mass is 16.5. The number of methoxy groups -OCH3 is 1. The van der Waals surface area contributed by atoms with Gasteiger partial charge in [0.15, 0.2) is 0 Å². The Balaban J connectivity index is 1.54. The summed E-state index contributed by atoms with van der Waals surface area (Å²) in [5, 5.41) is 0. The third kappa shape index (κ3) is 3.85. The highest BCUT2D eigenvalue weighted by Crippen LogP contribution is 2.33. The molecule has 4 heteroatoms. The number of carbonyl (C=O) groups excluding carboxylic acids is 1. The number of para-hydroxylation sites is 1. The van der Waals surface area contributed by atoms with Crippen molar-refractivity contribution in [3.63, 3.8) is 0 Å². The van der Waals surface area contributed by atoms with Crippen LogP contribution in [0.2, 0.25) is 0 Å². The van der Waals surface area contributed by atoms with Gasteiger partial charge in [-0.3, -0.25) is 9.78 Å². The molecule has 1 amide bonds. The van der Waals surface area contributed by atoms with Crippen LogP contribution in [-0.2, 0) is 4.79 Å². The van der Waals surface area contributed by atoms with Crippen molar-refractivity contribution in [2.75, 3.05) is 20.2 Å². The molecule has 142 valence electrons. The number of hydrogen-bond donors (Lipinski definition) is 0. The SMILES string of the molecule is COc1ccccc1-c1cccc([C@@H]2CCCN(C(=O)C3CCCC3)C2)n1. The second-order valence-corrected chi connectivity index (χ2v) is 7.75. The van der Waals surface area contributed by atoms with Crippen LogP contribution in [0.5, 0.6) is 5.75 Å². The molecule has 2 heterocycles. The monoisotopic (exact) mass is 364 g/mol. The lowest BCUT2D eigenvalue weighted by Gasteiger charge is -2.34. The number of pyridine rings is 1. The zero-order valence-corrected chi connectivity index (χ0v) is 16.1. The van der Waals surface area contributed by atoms with Gasteiger partial charge in [-0.05, 0) is 49.9 Å². The molecule has 1 atom stereocenters. The third-order valence-electron chi connectivity index (χ3n) is 6.01. The number of nitrogens with zero attached hydrogens (tertiary/aromatic N) is 2. The van der Waals surface area contributed by atoms with E-state index in [2.05, 4.69) is 17.0 Å². The Morgan fingerprint density at radius 1 is 1.04 bits per heavy atom. The number of ether oxygens (including phenoxy) is 1. The van der Waals surface area contributed by atoms with Gasteiger partial charge in [-0.1, -0.05) is 31.0 Å². The molecule has 4 nitrogen and oxygen atoms in total. The van der Waals surface area contributed by atoms with E-state index in [9.17, 15) is 4.79 Å². The Morgan fingerprint density at radius 3 is 2.67 bits per heavy atom. The average Bonchev–Trinajstić information content (AvgIpc) is 3.28. The first-order valence-electron chi connectivity index (χ1n) is 10.2. The molecule has 27 heavy (non-hydrogen) atoms. The minimum Gasteiger partial charge on any atom is -0.496 e. The molecular formula is C23H28N2O2. The van der Waals surface area contributed by atoms with E-state index in [1.54, 1.807) is 7.11 Å². The summed E-state index contributed by atoms with van der Waals surface area (Å²) in [6.07, 6.45) is 6.70. The van der Waals surface area contributed by atoms with Crippen LogP contribution in [0.15, 0.2) is 42.5 Å². The number of rotatable bonds is 4. The Kier molecular flexibility index (Phi) is 5.42. The molecule has 0 bridgehead atoms. The summed E-state index contributed by atoms with van der Waals surface area (Å²) in [4.78, 5) is 19.9. The molecule has 1 saturated carbocycles. The molecule has 0 N–H and O–H groups in total. The first kappa shape index (κ1) is 18.0. The maximum atomic E-state index is 12.8. The summed E-state index contributed by atoms with van der Waals surface area (Å²) in [5.41, 5.74) is 3.03. The molecule has 4 rings (SSSR count). The Labute approximate surface area is 161 Å². The second-order valence-electron chi connectivity index (χ2n) is 7.75. The topological polar surface area (TPSA) is 42.4 Å². The van der Waals surface area contributed by atoms with E-state index in [0.717, 1.165) is 61.5 Å². The number of carbonyl (C=O) groups is 1. The van der Waals surface area contributed by atoms with Crippen LogP contribution in [0.4, 0.5) is 0 Å². The number of aromatic nitrogens is 1. The molecule has 0 radical (unpaired) electrons. The predicted molar refractivity (Wildman–Crippen MR) is 107 cm³/mol. The number of hydrogen-bond acceptors (Lipinski definition) is 3. The van der Waals surface area contributed by atoms with Crippen LogP contribution in [0.1, 0.15) is 50.1 Å². The van der Waals surface area contributed by atoms with Gasteiger partial charge in [-0.2, -0.15) is 0 Å². The lowest BCUT2D eigenvalue weighted by atomic mass is 9.92. The average molecular weight is 364 g/mol. The predicted octanol–water partition coefficient (Wildman–Crippen LogP) is 4.65. The van der Waals surface area contributed by atoms with Crippen LogP contribution in [0, 0.1) is 5.92 Å². The van der Waals surface area contributed by atoms with Gasteiger partial charge < -0.3 is 9.64 Å². The van der Waals surface area contributed by atoms with Gasteiger partial charge in [0, 0.05) is 36.2 Å². The highest BCUT2D eigenvalue weighted by molar-refractivity contribution is 5.79. The van der Waals surface area contributed by atoms with Crippen molar-refractivity contribution in [3.05, 3.63) is 48.2 Å². The van der Waals surface area contributed by atoms with Crippen LogP contribution < -0.4 is 4.74 Å². The highest BCUT2D eigenvalue weighted by Gasteiger charge is 2.31. The maximum absolute atomic E-state index is 12.8. The molecule has 1 aliphatic carbocycles.